The monoisotopic (exact) mass is 193 g/mol. The average molecular weight is 193 g/mol. The van der Waals surface area contributed by atoms with Crippen LogP contribution in [0, 0.1) is 0 Å². The number of ether oxygens (including phenoxy) is 1. The zero-order valence-corrected chi connectivity index (χ0v) is 8.49. The van der Waals surface area contributed by atoms with Gasteiger partial charge in [-0.2, -0.15) is 0 Å². The van der Waals surface area contributed by atoms with Gasteiger partial charge in [0.05, 0.1) is 11.7 Å². The van der Waals surface area contributed by atoms with E-state index in [-0.39, 0.29) is 12.1 Å². The lowest BCUT2D eigenvalue weighted by Gasteiger charge is -2.10. The van der Waals surface area contributed by atoms with Crippen molar-refractivity contribution in [3.8, 4) is 0 Å². The first-order valence-electron chi connectivity index (χ1n) is 4.70. The third kappa shape index (κ3) is 2.76. The van der Waals surface area contributed by atoms with Gasteiger partial charge in [-0.05, 0) is 31.5 Å². The third-order valence-electron chi connectivity index (χ3n) is 2.01. The lowest BCUT2D eigenvalue weighted by molar-refractivity contribution is 0.0334. The van der Waals surface area contributed by atoms with E-state index in [2.05, 4.69) is 0 Å². The van der Waals surface area contributed by atoms with Crippen molar-refractivity contribution < 1.29 is 9.53 Å². The summed E-state index contributed by atoms with van der Waals surface area (Å²) in [5.74, 6) is -0.313. The Bertz CT molecular complexity index is 323. The molecule has 0 aromatic heterocycles. The maximum Gasteiger partial charge on any atom is 0.338 e. The number of nitrogens with two attached hydrogens (primary N) is 1. The van der Waals surface area contributed by atoms with Crippen LogP contribution in [0.3, 0.4) is 0 Å². The molecule has 0 saturated carbocycles. The minimum atomic E-state index is -0.313. The highest BCUT2D eigenvalue weighted by Crippen LogP contribution is 2.09. The van der Waals surface area contributed by atoms with Crippen LogP contribution in [0.2, 0.25) is 0 Å². The molecule has 1 atom stereocenters. The number of nitrogen functional groups attached to an aromatic ring is 1. The first-order valence-corrected chi connectivity index (χ1v) is 4.70. The van der Waals surface area contributed by atoms with Crippen molar-refractivity contribution in [2.45, 2.75) is 26.4 Å². The average Bonchev–Trinajstić information content (AvgIpc) is 2.17. The van der Waals surface area contributed by atoms with E-state index in [1.54, 1.807) is 24.3 Å². The molecule has 2 N–H and O–H groups in total. The van der Waals surface area contributed by atoms with Gasteiger partial charge in [0.15, 0.2) is 0 Å². The first-order chi connectivity index (χ1) is 6.63. The molecule has 1 rings (SSSR count). The first kappa shape index (κ1) is 10.6. The van der Waals surface area contributed by atoms with Crippen LogP contribution in [-0.2, 0) is 4.74 Å². The number of benzene rings is 1. The Hall–Kier alpha value is -1.51. The van der Waals surface area contributed by atoms with Crippen LogP contribution in [-0.4, -0.2) is 12.1 Å². The Morgan fingerprint density at radius 3 is 2.86 bits per heavy atom. The summed E-state index contributed by atoms with van der Waals surface area (Å²) in [7, 11) is 0. The van der Waals surface area contributed by atoms with Gasteiger partial charge in [0.25, 0.3) is 0 Å². The van der Waals surface area contributed by atoms with Gasteiger partial charge in [-0.25, -0.2) is 4.79 Å². The summed E-state index contributed by atoms with van der Waals surface area (Å²) in [6, 6.07) is 6.79. The van der Waals surface area contributed by atoms with E-state index in [9.17, 15) is 4.79 Å². The largest absolute Gasteiger partial charge is 0.459 e. The van der Waals surface area contributed by atoms with E-state index in [1.807, 2.05) is 13.8 Å². The van der Waals surface area contributed by atoms with Crippen LogP contribution in [0.1, 0.15) is 30.6 Å². The van der Waals surface area contributed by atoms with Gasteiger partial charge in [-0.3, -0.25) is 0 Å². The normalized spacial score (nSPS) is 12.1. The molecule has 1 aromatic carbocycles. The van der Waals surface area contributed by atoms with Crippen LogP contribution >= 0.6 is 0 Å². The Morgan fingerprint density at radius 2 is 2.29 bits per heavy atom. The molecular weight excluding hydrogens is 178 g/mol. The maximum atomic E-state index is 11.5. The highest BCUT2D eigenvalue weighted by molar-refractivity contribution is 5.90. The van der Waals surface area contributed by atoms with Gasteiger partial charge in [-0.1, -0.05) is 13.0 Å². The van der Waals surface area contributed by atoms with Crippen molar-refractivity contribution >= 4 is 11.7 Å². The number of carbonyl (C=O) groups is 1. The number of hydrogen-bond donors (Lipinski definition) is 1. The van der Waals surface area contributed by atoms with Crippen molar-refractivity contribution in [2.75, 3.05) is 5.73 Å². The molecule has 0 radical (unpaired) electrons. The Morgan fingerprint density at radius 1 is 1.57 bits per heavy atom. The fourth-order valence-electron chi connectivity index (χ4n) is 1.000. The molecule has 0 bridgehead atoms. The number of hydrogen-bond acceptors (Lipinski definition) is 3. The van der Waals surface area contributed by atoms with Gasteiger partial charge in [0.1, 0.15) is 0 Å². The molecule has 0 heterocycles. The van der Waals surface area contributed by atoms with Crippen molar-refractivity contribution in [3.63, 3.8) is 0 Å². The number of esters is 1. The Labute approximate surface area is 83.9 Å². The molecule has 0 saturated heterocycles. The molecule has 0 aliphatic rings. The molecule has 3 nitrogen and oxygen atoms in total. The van der Waals surface area contributed by atoms with E-state index in [0.717, 1.165) is 6.42 Å². The lowest BCUT2D eigenvalue weighted by atomic mass is 10.2. The van der Waals surface area contributed by atoms with Crippen molar-refractivity contribution in [1.29, 1.82) is 0 Å². The lowest BCUT2D eigenvalue weighted by Crippen LogP contribution is -2.14. The zero-order chi connectivity index (χ0) is 10.6. The minimum absolute atomic E-state index is 0.0519. The summed E-state index contributed by atoms with van der Waals surface area (Å²) in [6.07, 6.45) is 0.762. The van der Waals surface area contributed by atoms with Crippen molar-refractivity contribution in [3.05, 3.63) is 29.8 Å². The topological polar surface area (TPSA) is 52.3 Å². The summed E-state index contributed by atoms with van der Waals surface area (Å²) >= 11 is 0. The van der Waals surface area contributed by atoms with E-state index in [1.165, 1.54) is 0 Å². The molecule has 76 valence electrons. The number of anilines is 1. The highest BCUT2D eigenvalue weighted by Gasteiger charge is 2.10. The van der Waals surface area contributed by atoms with Gasteiger partial charge in [-0.15, -0.1) is 0 Å². The molecule has 0 amide bonds. The van der Waals surface area contributed by atoms with E-state index in [4.69, 9.17) is 10.5 Å². The Kier molecular flexibility index (Phi) is 3.51. The predicted molar refractivity (Wildman–Crippen MR) is 56.0 cm³/mol. The zero-order valence-electron chi connectivity index (χ0n) is 8.49. The summed E-state index contributed by atoms with van der Waals surface area (Å²) < 4.78 is 5.15. The number of carbonyl (C=O) groups excluding carboxylic acids is 1. The maximum absolute atomic E-state index is 11.5. The van der Waals surface area contributed by atoms with Crippen LogP contribution in [0.4, 0.5) is 5.69 Å². The molecule has 0 aliphatic heterocycles. The molecule has 1 aromatic rings. The second-order valence-corrected chi connectivity index (χ2v) is 3.25. The molecule has 14 heavy (non-hydrogen) atoms. The second-order valence-electron chi connectivity index (χ2n) is 3.25. The third-order valence-corrected chi connectivity index (χ3v) is 2.01. The quantitative estimate of drug-likeness (QED) is 0.591. The van der Waals surface area contributed by atoms with Crippen LogP contribution in [0.5, 0.6) is 0 Å². The molecule has 3 heteroatoms. The van der Waals surface area contributed by atoms with Crippen molar-refractivity contribution in [2.24, 2.45) is 0 Å². The van der Waals surface area contributed by atoms with Crippen LogP contribution in [0.25, 0.3) is 0 Å². The minimum Gasteiger partial charge on any atom is -0.459 e. The standard InChI is InChI=1S/C11H15NO2/c1-3-8(2)14-11(13)9-5-4-6-10(12)7-9/h4-8H,3,12H2,1-2H3/t8-/m1/s1. The van der Waals surface area contributed by atoms with Gasteiger partial charge < -0.3 is 10.5 Å². The second kappa shape index (κ2) is 4.65. The summed E-state index contributed by atoms with van der Waals surface area (Å²) in [6.45, 7) is 3.83. The molecule has 0 aliphatic carbocycles. The van der Waals surface area contributed by atoms with E-state index in [0.29, 0.717) is 11.3 Å². The molecule has 0 fully saturated rings. The van der Waals surface area contributed by atoms with Gasteiger partial charge in [0.2, 0.25) is 0 Å². The van der Waals surface area contributed by atoms with E-state index < -0.39 is 0 Å². The smallest absolute Gasteiger partial charge is 0.338 e. The van der Waals surface area contributed by atoms with E-state index >= 15 is 0 Å². The molecule has 0 unspecified atom stereocenters. The summed E-state index contributed by atoms with van der Waals surface area (Å²) in [4.78, 5) is 11.5. The van der Waals surface area contributed by atoms with Crippen LogP contribution < -0.4 is 5.73 Å². The Balaban J connectivity index is 2.70. The highest BCUT2D eigenvalue weighted by atomic mass is 16.5. The summed E-state index contributed by atoms with van der Waals surface area (Å²) in [5.41, 5.74) is 6.63. The van der Waals surface area contributed by atoms with Crippen molar-refractivity contribution in [1.82, 2.24) is 0 Å². The van der Waals surface area contributed by atoms with Crippen LogP contribution in [0.15, 0.2) is 24.3 Å². The SMILES string of the molecule is CC[C@@H](C)OC(=O)c1cccc(N)c1. The number of rotatable bonds is 3. The molecule has 0 spiro atoms. The van der Waals surface area contributed by atoms with Gasteiger partial charge >= 0.3 is 5.97 Å². The molecular formula is C11H15NO2. The van der Waals surface area contributed by atoms with Gasteiger partial charge in [0, 0.05) is 5.69 Å². The fourth-order valence-corrected chi connectivity index (χ4v) is 1.000. The fraction of sp³-hybridized carbons (Fsp3) is 0.364. The predicted octanol–water partition coefficient (Wildman–Crippen LogP) is 2.22. The summed E-state index contributed by atoms with van der Waals surface area (Å²) in [5, 5.41) is 0.